The maximum absolute atomic E-state index is 4.08. The average Bonchev–Trinajstić information content (AvgIpc) is 2.76. The van der Waals surface area contributed by atoms with Crippen LogP contribution in [0.1, 0.15) is 33.1 Å². The Morgan fingerprint density at radius 3 is 2.75 bits per heavy atom. The number of nitrogens with one attached hydrogen (secondary N) is 1. The van der Waals surface area contributed by atoms with Crippen LogP contribution in [0.5, 0.6) is 0 Å². The number of rotatable bonds is 8. The van der Waals surface area contributed by atoms with Gasteiger partial charge >= 0.3 is 0 Å². The Labute approximate surface area is 97.8 Å². The van der Waals surface area contributed by atoms with E-state index in [-0.39, 0.29) is 0 Å². The Bertz CT molecular complexity index is 281. The van der Waals surface area contributed by atoms with Gasteiger partial charge in [-0.3, -0.25) is 4.68 Å². The summed E-state index contributed by atoms with van der Waals surface area (Å²) in [5.41, 5.74) is 0. The van der Waals surface area contributed by atoms with Gasteiger partial charge in [-0.25, -0.2) is 4.98 Å². The van der Waals surface area contributed by atoms with Crippen molar-refractivity contribution in [2.24, 2.45) is 0 Å². The van der Waals surface area contributed by atoms with Gasteiger partial charge in [0, 0.05) is 18.6 Å². The summed E-state index contributed by atoms with van der Waals surface area (Å²) in [6, 6.07) is 1.05. The molecule has 16 heavy (non-hydrogen) atoms. The standard InChI is InChI=1S/C12H22N4/c1-4-5-6-11(2)15-12(3)7-8-16-10-13-9-14-16/h4,9-12,15H,1,5-8H2,2-3H3. The SMILES string of the molecule is C=CCCC(C)NC(C)CCn1cncn1. The number of hydrogen-bond donors (Lipinski definition) is 1. The van der Waals surface area contributed by atoms with E-state index in [0.717, 1.165) is 25.8 Å². The molecule has 0 aromatic carbocycles. The van der Waals surface area contributed by atoms with Crippen molar-refractivity contribution in [1.29, 1.82) is 0 Å². The van der Waals surface area contributed by atoms with Crippen molar-refractivity contribution >= 4 is 0 Å². The van der Waals surface area contributed by atoms with Crippen LogP contribution in [0.15, 0.2) is 25.3 Å². The van der Waals surface area contributed by atoms with E-state index in [1.807, 2.05) is 10.8 Å². The minimum Gasteiger partial charge on any atom is -0.312 e. The topological polar surface area (TPSA) is 42.7 Å². The van der Waals surface area contributed by atoms with E-state index < -0.39 is 0 Å². The Morgan fingerprint density at radius 1 is 1.38 bits per heavy atom. The van der Waals surface area contributed by atoms with E-state index in [1.165, 1.54) is 0 Å². The highest BCUT2D eigenvalue weighted by Gasteiger charge is 2.06. The summed E-state index contributed by atoms with van der Waals surface area (Å²) in [7, 11) is 0. The van der Waals surface area contributed by atoms with Crippen molar-refractivity contribution in [3.05, 3.63) is 25.3 Å². The molecule has 0 aliphatic carbocycles. The molecule has 0 aliphatic heterocycles. The van der Waals surface area contributed by atoms with Gasteiger partial charge in [0.05, 0.1) is 0 Å². The molecule has 2 atom stereocenters. The van der Waals surface area contributed by atoms with Gasteiger partial charge in [0.1, 0.15) is 12.7 Å². The second-order valence-electron chi connectivity index (χ2n) is 4.28. The molecule has 1 N–H and O–H groups in total. The molecule has 0 amide bonds. The van der Waals surface area contributed by atoms with Crippen molar-refractivity contribution < 1.29 is 0 Å². The van der Waals surface area contributed by atoms with Crippen LogP contribution in [0.2, 0.25) is 0 Å². The molecule has 0 saturated heterocycles. The van der Waals surface area contributed by atoms with E-state index in [0.29, 0.717) is 12.1 Å². The number of hydrogen-bond acceptors (Lipinski definition) is 3. The molecule has 0 radical (unpaired) electrons. The highest BCUT2D eigenvalue weighted by atomic mass is 15.3. The quantitative estimate of drug-likeness (QED) is 0.684. The van der Waals surface area contributed by atoms with Crippen LogP contribution < -0.4 is 5.32 Å². The number of aryl methyl sites for hydroxylation is 1. The number of aromatic nitrogens is 3. The average molecular weight is 222 g/mol. The van der Waals surface area contributed by atoms with Gasteiger partial charge in [0.15, 0.2) is 0 Å². The maximum Gasteiger partial charge on any atom is 0.137 e. The fourth-order valence-electron chi connectivity index (χ4n) is 1.69. The summed E-state index contributed by atoms with van der Waals surface area (Å²) in [5.74, 6) is 0. The molecule has 0 aliphatic rings. The Kier molecular flexibility index (Phi) is 5.78. The largest absolute Gasteiger partial charge is 0.312 e. The van der Waals surface area contributed by atoms with Gasteiger partial charge in [-0.2, -0.15) is 5.10 Å². The van der Waals surface area contributed by atoms with Crippen molar-refractivity contribution in [2.75, 3.05) is 0 Å². The highest BCUT2D eigenvalue weighted by Crippen LogP contribution is 2.01. The molecule has 90 valence electrons. The van der Waals surface area contributed by atoms with Crippen molar-refractivity contribution in [1.82, 2.24) is 20.1 Å². The zero-order valence-electron chi connectivity index (χ0n) is 10.3. The Morgan fingerprint density at radius 2 is 2.12 bits per heavy atom. The van der Waals surface area contributed by atoms with E-state index in [9.17, 15) is 0 Å². The summed E-state index contributed by atoms with van der Waals surface area (Å²) >= 11 is 0. The molecule has 0 fully saturated rings. The zero-order chi connectivity index (χ0) is 11.8. The molecule has 1 rings (SSSR count). The van der Waals surface area contributed by atoms with Crippen LogP contribution >= 0.6 is 0 Å². The molecule has 1 aromatic heterocycles. The van der Waals surface area contributed by atoms with Gasteiger partial charge in [0.25, 0.3) is 0 Å². The van der Waals surface area contributed by atoms with Crippen LogP contribution in [-0.4, -0.2) is 26.8 Å². The van der Waals surface area contributed by atoms with Crippen molar-refractivity contribution in [3.63, 3.8) is 0 Å². The fraction of sp³-hybridized carbons (Fsp3) is 0.667. The number of allylic oxidation sites excluding steroid dienone is 1. The molecule has 0 bridgehead atoms. The van der Waals surface area contributed by atoms with Crippen LogP contribution in [-0.2, 0) is 6.54 Å². The van der Waals surface area contributed by atoms with Gasteiger partial charge in [-0.05, 0) is 33.1 Å². The second kappa shape index (κ2) is 7.17. The molecular formula is C12H22N4. The minimum atomic E-state index is 0.504. The monoisotopic (exact) mass is 222 g/mol. The maximum atomic E-state index is 4.08. The van der Waals surface area contributed by atoms with Gasteiger partial charge in [-0.15, -0.1) is 6.58 Å². The number of nitrogens with zero attached hydrogens (tertiary/aromatic N) is 3. The summed E-state index contributed by atoms with van der Waals surface area (Å²) in [5, 5.41) is 7.65. The predicted molar refractivity (Wildman–Crippen MR) is 66.1 cm³/mol. The van der Waals surface area contributed by atoms with Crippen LogP contribution in [0, 0.1) is 0 Å². The Hall–Kier alpha value is -1.16. The van der Waals surface area contributed by atoms with E-state index in [4.69, 9.17) is 0 Å². The predicted octanol–water partition coefficient (Wildman–Crippen LogP) is 2.00. The smallest absolute Gasteiger partial charge is 0.137 e. The summed E-state index contributed by atoms with van der Waals surface area (Å²) in [4.78, 5) is 3.92. The lowest BCUT2D eigenvalue weighted by Gasteiger charge is -2.19. The third-order valence-corrected chi connectivity index (χ3v) is 2.63. The van der Waals surface area contributed by atoms with Crippen LogP contribution in [0.3, 0.4) is 0 Å². The minimum absolute atomic E-state index is 0.504. The molecule has 0 spiro atoms. The zero-order valence-corrected chi connectivity index (χ0v) is 10.3. The third kappa shape index (κ3) is 5.07. The first kappa shape index (κ1) is 12.9. The van der Waals surface area contributed by atoms with Gasteiger partial charge in [-0.1, -0.05) is 6.08 Å². The first-order valence-corrected chi connectivity index (χ1v) is 5.91. The molecule has 4 nitrogen and oxygen atoms in total. The molecule has 0 saturated carbocycles. The highest BCUT2D eigenvalue weighted by molar-refractivity contribution is 4.73. The first-order valence-electron chi connectivity index (χ1n) is 5.91. The summed E-state index contributed by atoms with van der Waals surface area (Å²) < 4.78 is 1.87. The normalized spacial score (nSPS) is 14.6. The lowest BCUT2D eigenvalue weighted by atomic mass is 10.1. The van der Waals surface area contributed by atoms with E-state index in [2.05, 4.69) is 35.8 Å². The van der Waals surface area contributed by atoms with Gasteiger partial charge in [0.2, 0.25) is 0 Å². The molecule has 4 heteroatoms. The summed E-state index contributed by atoms with van der Waals surface area (Å²) in [6.45, 7) is 9.08. The third-order valence-electron chi connectivity index (χ3n) is 2.63. The first-order chi connectivity index (χ1) is 7.72. The lowest BCUT2D eigenvalue weighted by Crippen LogP contribution is -2.35. The molecule has 1 heterocycles. The Balaban J connectivity index is 2.14. The van der Waals surface area contributed by atoms with Crippen molar-refractivity contribution in [3.8, 4) is 0 Å². The van der Waals surface area contributed by atoms with E-state index in [1.54, 1.807) is 12.7 Å². The molecule has 2 unspecified atom stereocenters. The molecular weight excluding hydrogens is 200 g/mol. The van der Waals surface area contributed by atoms with Gasteiger partial charge < -0.3 is 5.32 Å². The molecule has 1 aromatic rings. The van der Waals surface area contributed by atoms with E-state index >= 15 is 0 Å². The lowest BCUT2D eigenvalue weighted by molar-refractivity contribution is 0.404. The van der Waals surface area contributed by atoms with Crippen LogP contribution in [0.25, 0.3) is 0 Å². The van der Waals surface area contributed by atoms with Crippen LogP contribution in [0.4, 0.5) is 0 Å². The van der Waals surface area contributed by atoms with Crippen molar-refractivity contribution in [2.45, 2.75) is 51.7 Å². The summed E-state index contributed by atoms with van der Waals surface area (Å²) in [6.07, 6.45) is 8.60. The second-order valence-corrected chi connectivity index (χ2v) is 4.28. The fourth-order valence-corrected chi connectivity index (χ4v) is 1.69.